The first-order valence-corrected chi connectivity index (χ1v) is 6.44. The Balaban J connectivity index is 2.66. The molecular formula is C9H12BrN3O3S. The number of carboxylic acids is 1. The topological polar surface area (TPSA) is 82.5 Å². The first-order chi connectivity index (χ1) is 7.95. The molecule has 1 aromatic rings. The normalized spacial score (nSPS) is 11.9. The van der Waals surface area contributed by atoms with E-state index in [9.17, 15) is 9.59 Å². The lowest BCUT2D eigenvalue weighted by atomic mass is 10.2. The molecule has 94 valence electrons. The highest BCUT2D eigenvalue weighted by Crippen LogP contribution is 2.23. The van der Waals surface area contributed by atoms with Crippen LogP contribution in [0.3, 0.4) is 0 Å². The number of rotatable bonds is 4. The van der Waals surface area contributed by atoms with Crippen molar-refractivity contribution in [3.8, 4) is 0 Å². The van der Waals surface area contributed by atoms with Gasteiger partial charge in [0.15, 0.2) is 5.13 Å². The Kier molecular flexibility index (Phi) is 4.88. The molecule has 1 atom stereocenters. The second kappa shape index (κ2) is 5.97. The number of anilines is 1. The van der Waals surface area contributed by atoms with E-state index in [4.69, 9.17) is 5.11 Å². The lowest BCUT2D eigenvalue weighted by Crippen LogP contribution is -2.44. The molecule has 1 heterocycles. The van der Waals surface area contributed by atoms with Gasteiger partial charge in [0.25, 0.3) is 0 Å². The van der Waals surface area contributed by atoms with Crippen molar-refractivity contribution in [2.45, 2.75) is 19.4 Å². The van der Waals surface area contributed by atoms with Crippen LogP contribution < -0.4 is 5.32 Å². The molecule has 0 spiro atoms. The lowest BCUT2D eigenvalue weighted by molar-refractivity contribution is -0.141. The summed E-state index contributed by atoms with van der Waals surface area (Å²) in [5, 5.41) is 11.9. The smallest absolute Gasteiger partial charge is 0.326 e. The quantitative estimate of drug-likeness (QED) is 0.890. The molecule has 0 aliphatic carbocycles. The predicted molar refractivity (Wildman–Crippen MR) is 68.3 cm³/mol. The summed E-state index contributed by atoms with van der Waals surface area (Å²) >= 11 is 4.48. The molecule has 0 saturated carbocycles. The summed E-state index contributed by atoms with van der Waals surface area (Å²) in [4.78, 5) is 27.7. The van der Waals surface area contributed by atoms with Crippen LogP contribution in [0, 0.1) is 0 Å². The number of likely N-dealkylation sites (N-methyl/N-ethyl adjacent to an activating group) is 1. The summed E-state index contributed by atoms with van der Waals surface area (Å²) in [7, 11) is 1.44. The Bertz CT molecular complexity index is 423. The third-order valence-corrected chi connectivity index (χ3v) is 3.54. The molecule has 0 saturated heterocycles. The van der Waals surface area contributed by atoms with Crippen molar-refractivity contribution in [3.05, 3.63) is 9.98 Å². The van der Waals surface area contributed by atoms with Crippen molar-refractivity contribution >= 4 is 44.4 Å². The fourth-order valence-corrected chi connectivity index (χ4v) is 2.34. The molecule has 2 amide bonds. The number of nitrogens with one attached hydrogen (secondary N) is 1. The molecule has 6 nitrogen and oxygen atoms in total. The molecule has 0 radical (unpaired) electrons. The van der Waals surface area contributed by atoms with Gasteiger partial charge in [-0.05, 0) is 22.4 Å². The maximum absolute atomic E-state index is 11.7. The molecule has 0 aliphatic rings. The summed E-state index contributed by atoms with van der Waals surface area (Å²) in [5.74, 6) is -1.02. The third kappa shape index (κ3) is 3.67. The minimum Gasteiger partial charge on any atom is -0.480 e. The molecule has 2 N–H and O–H groups in total. The summed E-state index contributed by atoms with van der Waals surface area (Å²) in [6, 6.07) is -1.32. The number of amides is 2. The van der Waals surface area contributed by atoms with Crippen LogP contribution in [-0.4, -0.2) is 40.1 Å². The van der Waals surface area contributed by atoms with Crippen molar-refractivity contribution in [3.63, 3.8) is 0 Å². The number of hydrogen-bond donors (Lipinski definition) is 2. The highest BCUT2D eigenvalue weighted by Gasteiger charge is 2.25. The van der Waals surface area contributed by atoms with E-state index in [1.165, 1.54) is 18.4 Å². The van der Waals surface area contributed by atoms with Gasteiger partial charge in [0, 0.05) is 7.05 Å². The van der Waals surface area contributed by atoms with Crippen LogP contribution in [0.25, 0.3) is 0 Å². The molecule has 0 aromatic carbocycles. The molecule has 0 fully saturated rings. The van der Waals surface area contributed by atoms with Crippen LogP contribution in [0.5, 0.6) is 0 Å². The van der Waals surface area contributed by atoms with Crippen molar-refractivity contribution in [2.24, 2.45) is 0 Å². The Morgan fingerprint density at radius 2 is 2.35 bits per heavy atom. The van der Waals surface area contributed by atoms with E-state index in [0.717, 1.165) is 8.69 Å². The van der Waals surface area contributed by atoms with Gasteiger partial charge >= 0.3 is 12.0 Å². The Morgan fingerprint density at radius 1 is 1.71 bits per heavy atom. The Hall–Kier alpha value is -1.15. The highest BCUT2D eigenvalue weighted by atomic mass is 79.9. The summed E-state index contributed by atoms with van der Waals surface area (Å²) < 4.78 is 0.792. The van der Waals surface area contributed by atoms with Gasteiger partial charge in [-0.3, -0.25) is 5.32 Å². The molecular weight excluding hydrogens is 310 g/mol. The van der Waals surface area contributed by atoms with Gasteiger partial charge in [-0.1, -0.05) is 18.3 Å². The van der Waals surface area contributed by atoms with Crippen LogP contribution in [0.15, 0.2) is 9.98 Å². The minimum atomic E-state index is -1.02. The zero-order valence-corrected chi connectivity index (χ0v) is 11.7. The number of urea groups is 1. The molecule has 8 heteroatoms. The van der Waals surface area contributed by atoms with E-state index in [0.29, 0.717) is 11.6 Å². The standard InChI is InChI=1S/C9H12BrN3O3S/c1-3-5(7(14)15)13(2)9(16)12-8-11-4-6(10)17-8/h4-5H,3H2,1-2H3,(H,14,15)(H,11,12,16). The van der Waals surface area contributed by atoms with Crippen molar-refractivity contribution in [1.82, 2.24) is 9.88 Å². The fraction of sp³-hybridized carbons (Fsp3) is 0.444. The summed E-state index contributed by atoms with van der Waals surface area (Å²) in [5.41, 5.74) is 0. The predicted octanol–water partition coefficient (Wildman–Crippen LogP) is 2.23. The van der Waals surface area contributed by atoms with E-state index in [2.05, 4.69) is 26.2 Å². The molecule has 0 aliphatic heterocycles. The first kappa shape index (κ1) is 13.9. The zero-order chi connectivity index (χ0) is 13.0. The van der Waals surface area contributed by atoms with Crippen molar-refractivity contribution in [2.75, 3.05) is 12.4 Å². The van der Waals surface area contributed by atoms with Gasteiger partial charge in [-0.25, -0.2) is 14.6 Å². The van der Waals surface area contributed by atoms with Crippen LogP contribution in [0.1, 0.15) is 13.3 Å². The molecule has 1 unspecified atom stereocenters. The SMILES string of the molecule is CCC(C(=O)O)N(C)C(=O)Nc1ncc(Br)s1. The molecule has 17 heavy (non-hydrogen) atoms. The van der Waals surface area contributed by atoms with Gasteiger partial charge in [0.05, 0.1) is 9.98 Å². The second-order valence-electron chi connectivity index (χ2n) is 3.27. The van der Waals surface area contributed by atoms with Crippen LogP contribution in [0.4, 0.5) is 9.93 Å². The number of nitrogens with zero attached hydrogens (tertiary/aromatic N) is 2. The van der Waals surface area contributed by atoms with Gasteiger partial charge < -0.3 is 10.0 Å². The van der Waals surface area contributed by atoms with Crippen LogP contribution in [-0.2, 0) is 4.79 Å². The molecule has 0 bridgehead atoms. The summed E-state index contributed by atoms with van der Waals surface area (Å²) in [6.07, 6.45) is 1.91. The number of hydrogen-bond acceptors (Lipinski definition) is 4. The number of thiazole rings is 1. The van der Waals surface area contributed by atoms with Crippen LogP contribution in [0.2, 0.25) is 0 Å². The Labute approximate surface area is 111 Å². The van der Waals surface area contributed by atoms with E-state index >= 15 is 0 Å². The molecule has 1 aromatic heterocycles. The maximum Gasteiger partial charge on any atom is 0.326 e. The van der Waals surface area contributed by atoms with Gasteiger partial charge in [-0.15, -0.1) is 0 Å². The van der Waals surface area contributed by atoms with Crippen LogP contribution >= 0.6 is 27.3 Å². The van der Waals surface area contributed by atoms with Gasteiger partial charge in [0.2, 0.25) is 0 Å². The number of halogens is 1. The van der Waals surface area contributed by atoms with Gasteiger partial charge in [0.1, 0.15) is 6.04 Å². The first-order valence-electron chi connectivity index (χ1n) is 4.83. The lowest BCUT2D eigenvalue weighted by Gasteiger charge is -2.23. The largest absolute Gasteiger partial charge is 0.480 e. The number of carbonyl (C=O) groups excluding carboxylic acids is 1. The van der Waals surface area contributed by atoms with Crippen molar-refractivity contribution in [1.29, 1.82) is 0 Å². The van der Waals surface area contributed by atoms with E-state index in [-0.39, 0.29) is 0 Å². The monoisotopic (exact) mass is 321 g/mol. The average molecular weight is 322 g/mol. The number of carboxylic acid groups (broad SMARTS) is 1. The number of aliphatic carboxylic acids is 1. The van der Waals surface area contributed by atoms with E-state index in [1.807, 2.05) is 0 Å². The number of aromatic nitrogens is 1. The minimum absolute atomic E-state index is 0.348. The van der Waals surface area contributed by atoms with E-state index < -0.39 is 18.0 Å². The third-order valence-electron chi connectivity index (χ3n) is 2.15. The fourth-order valence-electron chi connectivity index (χ4n) is 1.25. The Morgan fingerprint density at radius 3 is 2.76 bits per heavy atom. The number of carbonyl (C=O) groups is 2. The van der Waals surface area contributed by atoms with E-state index in [1.54, 1.807) is 13.1 Å². The van der Waals surface area contributed by atoms with Gasteiger partial charge in [-0.2, -0.15) is 0 Å². The summed E-state index contributed by atoms with van der Waals surface area (Å²) in [6.45, 7) is 1.71. The second-order valence-corrected chi connectivity index (χ2v) is 5.68. The zero-order valence-electron chi connectivity index (χ0n) is 9.31. The van der Waals surface area contributed by atoms with Crippen molar-refractivity contribution < 1.29 is 14.7 Å². The molecule has 1 rings (SSSR count). The maximum atomic E-state index is 11.7. The average Bonchev–Trinajstić information content (AvgIpc) is 2.64. The highest BCUT2D eigenvalue weighted by molar-refractivity contribution is 9.11.